The van der Waals surface area contributed by atoms with E-state index in [4.69, 9.17) is 9.84 Å². The number of benzene rings is 1. The van der Waals surface area contributed by atoms with Crippen molar-refractivity contribution in [2.75, 3.05) is 18.1 Å². The third-order valence-corrected chi connectivity index (χ3v) is 10.3. The van der Waals surface area contributed by atoms with Crippen molar-refractivity contribution in [3.8, 4) is 0 Å². The fraction of sp³-hybridized carbons (Fsp3) is 0.452. The van der Waals surface area contributed by atoms with Gasteiger partial charge in [-0.2, -0.15) is 0 Å². The number of thioether (sulfide) groups is 2. The maximum absolute atomic E-state index is 12.8. The van der Waals surface area contributed by atoms with Crippen LogP contribution in [0.1, 0.15) is 54.1 Å². The molecule has 16 heteroatoms. The van der Waals surface area contributed by atoms with Gasteiger partial charge in [0.05, 0.1) is 18.5 Å². The molecule has 13 nitrogen and oxygen atoms in total. The molecule has 0 bridgehead atoms. The summed E-state index contributed by atoms with van der Waals surface area (Å²) >= 11 is 4.66. The fourth-order valence-electron chi connectivity index (χ4n) is 4.75. The predicted molar refractivity (Wildman–Crippen MR) is 181 cm³/mol. The number of carbonyl (C=O) groups is 4. The molecule has 47 heavy (non-hydrogen) atoms. The van der Waals surface area contributed by atoms with Crippen LogP contribution in [0.25, 0.3) is 0 Å². The van der Waals surface area contributed by atoms with Gasteiger partial charge in [0.25, 0.3) is 5.91 Å². The number of nitrogens with one attached hydrogen (secondary N) is 2. The van der Waals surface area contributed by atoms with E-state index in [1.54, 1.807) is 61.2 Å². The van der Waals surface area contributed by atoms with Crippen molar-refractivity contribution in [2.45, 2.75) is 76.7 Å². The topological polar surface area (TPSA) is 169 Å². The molecule has 4 heterocycles. The Balaban J connectivity index is 0.000000385. The zero-order valence-corrected chi connectivity index (χ0v) is 29.6. The van der Waals surface area contributed by atoms with Gasteiger partial charge in [-0.05, 0) is 80.6 Å². The first kappa shape index (κ1) is 36.0. The van der Waals surface area contributed by atoms with Crippen LogP contribution in [0.15, 0.2) is 52.1 Å². The number of carboxylic acid groups (broad SMARTS) is 1. The molecule has 1 fully saturated rings. The minimum Gasteiger partial charge on any atom is -0.478 e. The van der Waals surface area contributed by atoms with E-state index in [0.717, 1.165) is 33.0 Å². The molecule has 0 radical (unpaired) electrons. The number of fused-ring (bicyclic) bond motifs is 1. The maximum Gasteiger partial charge on any atom is 0.407 e. The molecular weight excluding hydrogens is 663 g/mol. The molecule has 2 aliphatic rings. The van der Waals surface area contributed by atoms with Crippen LogP contribution in [0.5, 0.6) is 0 Å². The number of alkyl carbamates (subject to hydrolysis) is 1. The molecule has 0 spiro atoms. The van der Waals surface area contributed by atoms with Gasteiger partial charge in [0.15, 0.2) is 0 Å². The first-order valence-electron chi connectivity index (χ1n) is 14.8. The lowest BCUT2D eigenvalue weighted by atomic mass is 10.0. The number of tetrazole rings is 1. The second-order valence-electron chi connectivity index (χ2n) is 11.9. The highest BCUT2D eigenvalue weighted by Gasteiger charge is 2.51. The van der Waals surface area contributed by atoms with Crippen LogP contribution in [-0.2, 0) is 27.3 Å². The van der Waals surface area contributed by atoms with E-state index in [2.05, 4.69) is 26.2 Å². The number of aromatic nitrogens is 4. The summed E-state index contributed by atoms with van der Waals surface area (Å²) in [6, 6.07) is 8.64. The fourth-order valence-corrected chi connectivity index (χ4v) is 8.04. The van der Waals surface area contributed by atoms with Crippen molar-refractivity contribution in [3.05, 3.63) is 68.5 Å². The number of aromatic carboxylic acids is 1. The van der Waals surface area contributed by atoms with E-state index in [0.29, 0.717) is 29.6 Å². The number of aryl methyl sites for hydroxylation is 2. The zero-order chi connectivity index (χ0) is 34.3. The molecule has 1 aromatic carbocycles. The van der Waals surface area contributed by atoms with E-state index >= 15 is 0 Å². The Kier molecular flexibility index (Phi) is 12.1. The van der Waals surface area contributed by atoms with Crippen molar-refractivity contribution >= 4 is 58.7 Å². The summed E-state index contributed by atoms with van der Waals surface area (Å²) in [6.07, 6.45) is -0.197. The molecule has 3 N–H and O–H groups in total. The van der Waals surface area contributed by atoms with Crippen LogP contribution >= 0.6 is 34.9 Å². The Hall–Kier alpha value is -3.89. The van der Waals surface area contributed by atoms with Gasteiger partial charge in [0.1, 0.15) is 17.0 Å². The summed E-state index contributed by atoms with van der Waals surface area (Å²) in [5, 5.41) is 28.6. The molecule has 1 saturated heterocycles. The van der Waals surface area contributed by atoms with Crippen molar-refractivity contribution in [2.24, 2.45) is 0 Å². The number of β-lactam (4-membered cyclic amide) rings is 1. The highest BCUT2D eigenvalue weighted by atomic mass is 32.2. The summed E-state index contributed by atoms with van der Waals surface area (Å²) in [5.74, 6) is 0.316. The van der Waals surface area contributed by atoms with E-state index in [1.165, 1.54) is 23.1 Å². The number of carbonyl (C=O) groups excluding carboxylic acids is 3. The minimum atomic E-state index is -0.859. The van der Waals surface area contributed by atoms with Gasteiger partial charge >= 0.3 is 12.1 Å². The Labute approximate surface area is 285 Å². The van der Waals surface area contributed by atoms with E-state index in [-0.39, 0.29) is 23.6 Å². The molecule has 0 aliphatic carbocycles. The second-order valence-corrected chi connectivity index (χ2v) is 15.0. The number of allylic oxidation sites excluding steroid dienone is 1. The normalized spacial score (nSPS) is 17.2. The Bertz CT molecular complexity index is 1630. The van der Waals surface area contributed by atoms with Crippen LogP contribution in [0.4, 0.5) is 4.79 Å². The van der Waals surface area contributed by atoms with Gasteiger partial charge in [-0.1, -0.05) is 35.5 Å². The number of hydrogen-bond donors (Lipinski definition) is 3. The zero-order valence-electron chi connectivity index (χ0n) is 27.1. The Morgan fingerprint density at radius 3 is 2.60 bits per heavy atom. The van der Waals surface area contributed by atoms with Gasteiger partial charge in [0.2, 0.25) is 11.1 Å². The van der Waals surface area contributed by atoms with Gasteiger partial charge < -0.3 is 20.5 Å². The molecule has 2 aliphatic heterocycles. The average Bonchev–Trinajstić information content (AvgIpc) is 3.66. The molecule has 3 amide bonds. The van der Waals surface area contributed by atoms with Crippen LogP contribution in [-0.4, -0.2) is 89.2 Å². The quantitative estimate of drug-likeness (QED) is 0.204. The number of thiophene rings is 1. The molecule has 1 unspecified atom stereocenters. The summed E-state index contributed by atoms with van der Waals surface area (Å²) in [4.78, 5) is 50.3. The molecule has 0 saturated carbocycles. The Morgan fingerprint density at radius 2 is 1.94 bits per heavy atom. The van der Waals surface area contributed by atoms with Crippen molar-refractivity contribution < 1.29 is 29.0 Å². The SMILES string of the molecule is CC1=C(CSc2nnnn2CCNC(=O)OC(C)(C)C)CS[C@H]2C(NC(=O)Cc3cccs3)C(=O)N12.Cc1ccc(C(=O)O)c(C)c1. The lowest BCUT2D eigenvalue weighted by Crippen LogP contribution is -2.69. The Morgan fingerprint density at radius 1 is 1.17 bits per heavy atom. The number of amides is 3. The third kappa shape index (κ3) is 9.81. The van der Waals surface area contributed by atoms with Gasteiger partial charge in [-0.3, -0.25) is 14.5 Å². The molecular formula is C31H39N7O6S3. The summed E-state index contributed by atoms with van der Waals surface area (Å²) < 4.78 is 6.86. The van der Waals surface area contributed by atoms with Crippen molar-refractivity contribution in [1.82, 2.24) is 35.7 Å². The molecule has 2 atom stereocenters. The summed E-state index contributed by atoms with van der Waals surface area (Å²) in [5.41, 5.74) is 3.78. The number of hydrogen-bond acceptors (Lipinski definition) is 11. The van der Waals surface area contributed by atoms with Crippen LogP contribution in [0.2, 0.25) is 0 Å². The standard InChI is InChI=1S/C22H29N7O4S3.C9H10O2/c1-13-14(12-36-20-25-26-27-28(20)8-7-23-21(32)33-22(2,3)4)11-35-19-17(18(31)29(13)19)24-16(30)10-15-6-5-9-34-15;1-6-3-4-8(9(10)11)7(2)5-6/h5-6,9,17,19H,7-8,10-12H2,1-4H3,(H,23,32)(H,24,30);3-5H,1-2H3,(H,10,11)/t17?,19-;/m0./s1. The first-order valence-corrected chi connectivity index (χ1v) is 17.8. The third-order valence-electron chi connectivity index (χ3n) is 7.05. The summed E-state index contributed by atoms with van der Waals surface area (Å²) in [7, 11) is 0. The second kappa shape index (κ2) is 15.8. The molecule has 2 aromatic heterocycles. The monoisotopic (exact) mass is 701 g/mol. The summed E-state index contributed by atoms with van der Waals surface area (Å²) in [6.45, 7) is 11.8. The van der Waals surface area contributed by atoms with E-state index in [9.17, 15) is 19.2 Å². The lowest BCUT2D eigenvalue weighted by molar-refractivity contribution is -0.145. The molecule has 5 rings (SSSR count). The largest absolute Gasteiger partial charge is 0.478 e. The number of carboxylic acids is 1. The average molecular weight is 702 g/mol. The smallest absolute Gasteiger partial charge is 0.407 e. The molecule has 252 valence electrons. The van der Waals surface area contributed by atoms with Gasteiger partial charge in [-0.25, -0.2) is 14.3 Å². The van der Waals surface area contributed by atoms with E-state index < -0.39 is 23.7 Å². The maximum atomic E-state index is 12.8. The van der Waals surface area contributed by atoms with Crippen molar-refractivity contribution in [3.63, 3.8) is 0 Å². The van der Waals surface area contributed by atoms with E-state index in [1.807, 2.05) is 37.4 Å². The van der Waals surface area contributed by atoms with Gasteiger partial charge in [-0.15, -0.1) is 28.2 Å². The van der Waals surface area contributed by atoms with Crippen LogP contribution < -0.4 is 10.6 Å². The predicted octanol–water partition coefficient (Wildman–Crippen LogP) is 4.27. The highest BCUT2D eigenvalue weighted by Crippen LogP contribution is 2.41. The first-order chi connectivity index (χ1) is 22.2. The van der Waals surface area contributed by atoms with Gasteiger partial charge in [0, 0.05) is 28.6 Å². The number of rotatable bonds is 10. The number of nitrogens with zero attached hydrogens (tertiary/aromatic N) is 5. The highest BCUT2D eigenvalue weighted by molar-refractivity contribution is 8.01. The van der Waals surface area contributed by atoms with Crippen LogP contribution in [0, 0.1) is 13.8 Å². The minimum absolute atomic E-state index is 0.0789. The number of ether oxygens (including phenoxy) is 1. The lowest BCUT2D eigenvalue weighted by Gasteiger charge is -2.50. The molecule has 3 aromatic rings. The van der Waals surface area contributed by atoms with Crippen molar-refractivity contribution in [1.29, 1.82) is 0 Å². The van der Waals surface area contributed by atoms with Crippen LogP contribution in [0.3, 0.4) is 0 Å².